The number of fused-ring (bicyclic) bond motifs is 1. The van der Waals surface area contributed by atoms with Crippen LogP contribution in [0.5, 0.6) is 11.5 Å². The smallest absolute Gasteiger partial charge is 0.161 e. The Hall–Kier alpha value is -2.11. The number of nitrogens with zero attached hydrogens (tertiary/aromatic N) is 1. The molecule has 1 saturated heterocycles. The number of piperidine rings is 1. The second kappa shape index (κ2) is 7.87. The number of nitrogens with one attached hydrogen (secondary N) is 1. The van der Waals surface area contributed by atoms with Gasteiger partial charge >= 0.3 is 0 Å². The Morgan fingerprint density at radius 3 is 2.67 bits per heavy atom. The van der Waals surface area contributed by atoms with Crippen molar-refractivity contribution in [3.8, 4) is 11.5 Å². The summed E-state index contributed by atoms with van der Waals surface area (Å²) in [6.45, 7) is 4.34. The first-order valence-corrected chi connectivity index (χ1v) is 10.4. The van der Waals surface area contributed by atoms with Gasteiger partial charge in [-0.15, -0.1) is 11.3 Å². The molecule has 0 aliphatic carbocycles. The van der Waals surface area contributed by atoms with E-state index in [1.807, 2.05) is 11.3 Å². The number of ether oxygens (including phenoxy) is 2. The molecule has 2 atom stereocenters. The molecule has 1 N–H and O–H groups in total. The monoisotopic (exact) mass is 383 g/mol. The molecule has 27 heavy (non-hydrogen) atoms. The van der Waals surface area contributed by atoms with Crippen LogP contribution in [0.2, 0.25) is 0 Å². The first-order valence-electron chi connectivity index (χ1n) is 9.61. The number of hydrogen-bond acceptors (Lipinski definition) is 4. The number of aromatic nitrogens is 1. The Morgan fingerprint density at radius 2 is 1.89 bits per heavy atom. The van der Waals surface area contributed by atoms with E-state index in [0.29, 0.717) is 6.04 Å². The fourth-order valence-electron chi connectivity index (χ4n) is 4.09. The number of methoxy groups -OCH3 is 2. The number of thiazole rings is 1. The molecule has 0 bridgehead atoms. The predicted octanol–water partition coefficient (Wildman–Crippen LogP) is 3.93. The molecule has 1 aliphatic rings. The zero-order valence-corrected chi connectivity index (χ0v) is 17.1. The maximum absolute atomic E-state index is 5.53. The predicted molar refractivity (Wildman–Crippen MR) is 110 cm³/mol. The standard InChI is InChI=1S/C22H26N2O2S/c1-15-12-19(25-2)20(26-3)13-16(15)14-24-11-7-6-9-18(24)22-23-17-8-4-5-10-21(17)27-22/h4-5,8,10,12-13,18H,6-7,9,11,14H2,1-3H3/p+1/t18-/m0/s1. The third-order valence-corrected chi connectivity index (χ3v) is 6.75. The van der Waals surface area contributed by atoms with Crippen molar-refractivity contribution in [2.45, 2.75) is 38.8 Å². The number of quaternary nitrogens is 1. The van der Waals surface area contributed by atoms with Gasteiger partial charge in [-0.1, -0.05) is 12.1 Å². The lowest BCUT2D eigenvalue weighted by atomic mass is 10.00. The zero-order valence-electron chi connectivity index (χ0n) is 16.2. The number of likely N-dealkylation sites (tertiary alicyclic amines) is 1. The topological polar surface area (TPSA) is 35.8 Å². The zero-order chi connectivity index (χ0) is 18.8. The SMILES string of the molecule is COc1cc(C)c(C[NH+]2CCCC[C@H]2c2nc3ccccc3s2)cc1OC. The van der Waals surface area contributed by atoms with Crippen LogP contribution in [0.4, 0.5) is 0 Å². The molecule has 0 radical (unpaired) electrons. The van der Waals surface area contributed by atoms with Crippen LogP contribution in [-0.4, -0.2) is 25.7 Å². The van der Waals surface area contributed by atoms with Gasteiger partial charge in [-0.05, 0) is 49.6 Å². The molecular weight excluding hydrogens is 356 g/mol. The van der Waals surface area contributed by atoms with Crippen molar-refractivity contribution in [1.82, 2.24) is 4.98 Å². The van der Waals surface area contributed by atoms with Crippen molar-refractivity contribution < 1.29 is 14.4 Å². The average Bonchev–Trinajstić information content (AvgIpc) is 3.13. The lowest BCUT2D eigenvalue weighted by Gasteiger charge is -2.32. The average molecular weight is 384 g/mol. The first kappa shape index (κ1) is 18.3. The van der Waals surface area contributed by atoms with E-state index in [4.69, 9.17) is 14.5 Å². The highest BCUT2D eigenvalue weighted by molar-refractivity contribution is 7.18. The molecule has 2 aromatic carbocycles. The van der Waals surface area contributed by atoms with Crippen LogP contribution >= 0.6 is 11.3 Å². The summed E-state index contributed by atoms with van der Waals surface area (Å²) >= 11 is 1.86. The van der Waals surface area contributed by atoms with Crippen LogP contribution in [0, 0.1) is 6.92 Å². The van der Waals surface area contributed by atoms with Gasteiger partial charge in [-0.2, -0.15) is 0 Å². The van der Waals surface area contributed by atoms with Crippen LogP contribution in [0.3, 0.4) is 0 Å². The number of aryl methyl sites for hydroxylation is 1. The molecule has 1 fully saturated rings. The summed E-state index contributed by atoms with van der Waals surface area (Å²) < 4.78 is 12.3. The highest BCUT2D eigenvalue weighted by Gasteiger charge is 2.31. The van der Waals surface area contributed by atoms with E-state index in [-0.39, 0.29) is 0 Å². The molecule has 0 amide bonds. The van der Waals surface area contributed by atoms with Crippen molar-refractivity contribution in [1.29, 1.82) is 0 Å². The molecule has 5 heteroatoms. The van der Waals surface area contributed by atoms with Crippen molar-refractivity contribution in [2.75, 3.05) is 20.8 Å². The quantitative estimate of drug-likeness (QED) is 0.725. The van der Waals surface area contributed by atoms with Gasteiger partial charge in [0.25, 0.3) is 0 Å². The lowest BCUT2D eigenvalue weighted by molar-refractivity contribution is -0.950. The minimum atomic E-state index is 0.476. The summed E-state index contributed by atoms with van der Waals surface area (Å²) in [4.78, 5) is 6.57. The molecule has 0 spiro atoms. The van der Waals surface area contributed by atoms with Crippen LogP contribution in [0.1, 0.15) is 41.4 Å². The molecule has 2 heterocycles. The van der Waals surface area contributed by atoms with E-state index in [9.17, 15) is 0 Å². The number of rotatable bonds is 5. The van der Waals surface area contributed by atoms with Gasteiger partial charge in [0.05, 0.1) is 31.0 Å². The van der Waals surface area contributed by atoms with Crippen LogP contribution < -0.4 is 14.4 Å². The summed E-state index contributed by atoms with van der Waals surface area (Å²) in [5.41, 5.74) is 3.72. The third-order valence-electron chi connectivity index (χ3n) is 5.60. The van der Waals surface area contributed by atoms with Gasteiger partial charge in [0.2, 0.25) is 0 Å². The van der Waals surface area contributed by atoms with Crippen molar-refractivity contribution in [3.05, 3.63) is 52.5 Å². The highest BCUT2D eigenvalue weighted by atomic mass is 32.1. The highest BCUT2D eigenvalue weighted by Crippen LogP contribution is 2.31. The summed E-state index contributed by atoms with van der Waals surface area (Å²) in [6, 6.07) is 13.2. The Labute approximate surface area is 164 Å². The van der Waals surface area contributed by atoms with Crippen molar-refractivity contribution >= 4 is 21.6 Å². The Bertz CT molecular complexity index is 904. The van der Waals surface area contributed by atoms with Gasteiger partial charge in [-0.25, -0.2) is 4.98 Å². The fourth-order valence-corrected chi connectivity index (χ4v) is 5.25. The maximum atomic E-state index is 5.53. The van der Waals surface area contributed by atoms with Gasteiger partial charge in [0.1, 0.15) is 12.6 Å². The fraction of sp³-hybridized carbons (Fsp3) is 0.409. The molecule has 142 valence electrons. The first-order chi connectivity index (χ1) is 13.2. The summed E-state index contributed by atoms with van der Waals surface area (Å²) in [5, 5.41) is 1.28. The van der Waals surface area contributed by atoms with E-state index >= 15 is 0 Å². The van der Waals surface area contributed by atoms with E-state index in [2.05, 4.69) is 43.3 Å². The Morgan fingerprint density at radius 1 is 1.11 bits per heavy atom. The molecular formula is C22H27N2O2S+. The summed E-state index contributed by atoms with van der Waals surface area (Å²) in [5.74, 6) is 1.61. The van der Waals surface area contributed by atoms with Gasteiger partial charge in [-0.3, -0.25) is 0 Å². The second-order valence-corrected chi connectivity index (χ2v) is 8.35. The number of hydrogen-bond donors (Lipinski definition) is 1. The molecule has 1 unspecified atom stereocenters. The normalized spacial score (nSPS) is 20.0. The van der Waals surface area contributed by atoms with Gasteiger partial charge < -0.3 is 14.4 Å². The van der Waals surface area contributed by atoms with Gasteiger partial charge in [0, 0.05) is 12.0 Å². The minimum Gasteiger partial charge on any atom is -0.493 e. The Balaban J connectivity index is 1.63. The maximum Gasteiger partial charge on any atom is 0.161 e. The van der Waals surface area contributed by atoms with Crippen LogP contribution in [0.15, 0.2) is 36.4 Å². The van der Waals surface area contributed by atoms with E-state index < -0.39 is 0 Å². The van der Waals surface area contributed by atoms with Crippen molar-refractivity contribution in [3.63, 3.8) is 0 Å². The molecule has 4 nitrogen and oxygen atoms in total. The van der Waals surface area contributed by atoms with E-state index in [1.54, 1.807) is 19.1 Å². The van der Waals surface area contributed by atoms with E-state index in [0.717, 1.165) is 23.6 Å². The number of para-hydroxylation sites is 1. The summed E-state index contributed by atoms with van der Waals surface area (Å²) in [7, 11) is 3.39. The second-order valence-electron chi connectivity index (χ2n) is 7.29. The molecule has 1 aliphatic heterocycles. The van der Waals surface area contributed by atoms with E-state index in [1.165, 1.54) is 46.6 Å². The molecule has 4 rings (SSSR count). The van der Waals surface area contributed by atoms with Crippen LogP contribution in [0.25, 0.3) is 10.2 Å². The van der Waals surface area contributed by atoms with Crippen molar-refractivity contribution in [2.24, 2.45) is 0 Å². The van der Waals surface area contributed by atoms with Crippen LogP contribution in [-0.2, 0) is 6.54 Å². The molecule has 3 aromatic rings. The minimum absolute atomic E-state index is 0.476. The molecule has 1 aromatic heterocycles. The third kappa shape index (κ3) is 3.66. The molecule has 0 saturated carbocycles. The number of benzene rings is 2. The lowest BCUT2D eigenvalue weighted by Crippen LogP contribution is -3.11. The summed E-state index contributed by atoms with van der Waals surface area (Å²) in [6.07, 6.45) is 3.78. The largest absolute Gasteiger partial charge is 0.493 e. The van der Waals surface area contributed by atoms with Gasteiger partial charge in [0.15, 0.2) is 16.5 Å². The Kier molecular flexibility index (Phi) is 5.32.